The molecule has 0 radical (unpaired) electrons. The molecule has 3 heteroatoms. The molecule has 1 aliphatic rings. The molecule has 2 nitrogen and oxygen atoms in total. The van der Waals surface area contributed by atoms with Crippen molar-refractivity contribution >= 4 is 17.8 Å². The van der Waals surface area contributed by atoms with Crippen LogP contribution in [0.1, 0.15) is 12.8 Å². The van der Waals surface area contributed by atoms with Crippen molar-refractivity contribution in [1.82, 2.24) is 4.90 Å². The molecular weight excluding hydrogens is 196 g/mol. The summed E-state index contributed by atoms with van der Waals surface area (Å²) in [5, 5.41) is 0.924. The van der Waals surface area contributed by atoms with Crippen LogP contribution in [0.15, 0.2) is 22.4 Å². The minimum atomic E-state index is 0.924. The van der Waals surface area contributed by atoms with E-state index in [0.717, 1.165) is 17.9 Å². The van der Waals surface area contributed by atoms with Gasteiger partial charge in [-0.2, -0.15) is 0 Å². The van der Waals surface area contributed by atoms with Crippen LogP contribution in [0.25, 0.3) is 0 Å². The van der Waals surface area contributed by atoms with Crippen molar-refractivity contribution in [2.75, 3.05) is 28.2 Å². The highest BCUT2D eigenvalue weighted by atomic mass is 35.5. The van der Waals surface area contributed by atoms with Gasteiger partial charge in [0.05, 0.1) is 5.03 Å². The highest BCUT2D eigenvalue weighted by molar-refractivity contribution is 6.34. The van der Waals surface area contributed by atoms with Crippen molar-refractivity contribution in [1.29, 1.82) is 0 Å². The summed E-state index contributed by atoms with van der Waals surface area (Å²) in [5.41, 5.74) is 2.48. The van der Waals surface area contributed by atoms with Gasteiger partial charge in [-0.3, -0.25) is 0 Å². The van der Waals surface area contributed by atoms with Gasteiger partial charge in [0.25, 0.3) is 0 Å². The third kappa shape index (κ3) is 2.88. The molecule has 1 rings (SSSR count). The maximum atomic E-state index is 6.26. The Morgan fingerprint density at radius 1 is 1.29 bits per heavy atom. The number of allylic oxidation sites excluding steroid dienone is 3. The number of hydrogen-bond donors (Lipinski definition) is 0. The van der Waals surface area contributed by atoms with Crippen LogP contribution in [-0.4, -0.2) is 43.9 Å². The molecule has 0 saturated heterocycles. The molecule has 0 spiro atoms. The number of hydrogen-bond acceptors (Lipinski definition) is 1. The Hall–Kier alpha value is -0.760. The largest absolute Gasteiger partial charge is 0.383 e. The molecule has 0 atom stereocenters. The van der Waals surface area contributed by atoms with Crippen LogP contribution in [0.5, 0.6) is 0 Å². The highest BCUT2D eigenvalue weighted by Gasteiger charge is 2.18. The van der Waals surface area contributed by atoms with E-state index in [0.29, 0.717) is 0 Å². The van der Waals surface area contributed by atoms with Crippen molar-refractivity contribution in [3.05, 3.63) is 22.4 Å². The van der Waals surface area contributed by atoms with Crippen LogP contribution < -0.4 is 0 Å². The third-order valence-corrected chi connectivity index (χ3v) is 2.54. The van der Waals surface area contributed by atoms with Crippen LogP contribution in [0.4, 0.5) is 0 Å². The van der Waals surface area contributed by atoms with E-state index in [4.69, 9.17) is 11.6 Å². The summed E-state index contributed by atoms with van der Waals surface area (Å²) >= 11 is 6.26. The summed E-state index contributed by atoms with van der Waals surface area (Å²) in [6.45, 7) is 0. The van der Waals surface area contributed by atoms with Crippen molar-refractivity contribution in [3.63, 3.8) is 0 Å². The first-order valence-corrected chi connectivity index (χ1v) is 5.16. The molecule has 78 valence electrons. The monoisotopic (exact) mass is 213 g/mol. The standard InChI is InChI=1S/C11H18ClN2/c1-13(2)7-9-5-6-10(11(9)12)8-14(3)4/h7-8H,5-6H2,1-4H3/q+1. The van der Waals surface area contributed by atoms with E-state index in [9.17, 15) is 0 Å². The molecule has 1 aliphatic carbocycles. The predicted octanol–water partition coefficient (Wildman–Crippen LogP) is 2.06. The zero-order chi connectivity index (χ0) is 10.7. The van der Waals surface area contributed by atoms with Crippen molar-refractivity contribution in [2.45, 2.75) is 12.8 Å². The van der Waals surface area contributed by atoms with E-state index in [2.05, 4.69) is 12.4 Å². The summed E-state index contributed by atoms with van der Waals surface area (Å²) in [7, 11) is 8.07. The maximum absolute atomic E-state index is 6.26. The van der Waals surface area contributed by atoms with Gasteiger partial charge in [0.1, 0.15) is 14.1 Å². The average Bonchev–Trinajstić information content (AvgIpc) is 2.34. The fourth-order valence-electron chi connectivity index (χ4n) is 1.56. The van der Waals surface area contributed by atoms with E-state index in [1.54, 1.807) is 0 Å². The molecule has 0 saturated carbocycles. The lowest BCUT2D eigenvalue weighted by molar-refractivity contribution is -0.459. The van der Waals surface area contributed by atoms with Crippen molar-refractivity contribution < 1.29 is 4.58 Å². The zero-order valence-corrected chi connectivity index (χ0v) is 10.1. The van der Waals surface area contributed by atoms with Crippen LogP contribution in [-0.2, 0) is 0 Å². The molecule has 0 fully saturated rings. The molecule has 0 amide bonds. The summed E-state index contributed by atoms with van der Waals surface area (Å²) in [5.74, 6) is 0. The van der Waals surface area contributed by atoms with Crippen LogP contribution in [0.2, 0.25) is 0 Å². The Morgan fingerprint density at radius 3 is 2.43 bits per heavy atom. The van der Waals surface area contributed by atoms with Gasteiger partial charge < -0.3 is 4.90 Å². The molecule has 0 aromatic heterocycles. The Kier molecular flexibility index (Phi) is 3.76. The normalized spacial score (nSPS) is 19.1. The number of halogens is 1. The maximum Gasteiger partial charge on any atom is 0.167 e. The quantitative estimate of drug-likeness (QED) is 0.503. The summed E-state index contributed by atoms with van der Waals surface area (Å²) in [6, 6.07) is 0. The molecular formula is C11H18ClN2+. The van der Waals surface area contributed by atoms with Crippen LogP contribution in [0, 0.1) is 0 Å². The van der Waals surface area contributed by atoms with Gasteiger partial charge in [-0.15, -0.1) is 0 Å². The van der Waals surface area contributed by atoms with Gasteiger partial charge in [-0.05, 0) is 18.4 Å². The second-order valence-corrected chi connectivity index (χ2v) is 4.43. The van der Waals surface area contributed by atoms with E-state index in [1.165, 1.54) is 11.1 Å². The number of nitrogens with zero attached hydrogens (tertiary/aromatic N) is 2. The lowest BCUT2D eigenvalue weighted by Gasteiger charge is -2.06. The molecule has 0 heterocycles. The van der Waals surface area contributed by atoms with Gasteiger partial charge >= 0.3 is 0 Å². The summed E-state index contributed by atoms with van der Waals surface area (Å²) in [4.78, 5) is 2.04. The predicted molar refractivity (Wildman–Crippen MR) is 62.1 cm³/mol. The SMILES string of the molecule is CN(C)C=C1CCC(C=[N+](C)C)=C1Cl. The third-order valence-electron chi connectivity index (χ3n) is 2.06. The average molecular weight is 214 g/mol. The molecule has 14 heavy (non-hydrogen) atoms. The lowest BCUT2D eigenvalue weighted by atomic mass is 10.2. The fourth-order valence-corrected chi connectivity index (χ4v) is 1.85. The molecule has 0 unspecified atom stereocenters. The van der Waals surface area contributed by atoms with E-state index in [-0.39, 0.29) is 0 Å². The Bertz CT molecular complexity index is 307. The molecule has 0 aliphatic heterocycles. The second-order valence-electron chi connectivity index (χ2n) is 4.05. The molecule has 0 aromatic carbocycles. The Labute approximate surface area is 91.2 Å². The smallest absolute Gasteiger partial charge is 0.167 e. The zero-order valence-electron chi connectivity index (χ0n) is 9.34. The van der Waals surface area contributed by atoms with Crippen LogP contribution >= 0.6 is 11.6 Å². The van der Waals surface area contributed by atoms with E-state index >= 15 is 0 Å². The molecule has 0 N–H and O–H groups in total. The Morgan fingerprint density at radius 2 is 1.93 bits per heavy atom. The first kappa shape index (κ1) is 11.3. The Balaban J connectivity index is 2.91. The minimum Gasteiger partial charge on any atom is -0.383 e. The van der Waals surface area contributed by atoms with Gasteiger partial charge in [0.2, 0.25) is 0 Å². The molecule has 0 bridgehead atoms. The molecule has 0 aromatic rings. The number of rotatable bonds is 2. The fraction of sp³-hybridized carbons (Fsp3) is 0.545. The first-order valence-electron chi connectivity index (χ1n) is 4.78. The summed E-state index contributed by atoms with van der Waals surface area (Å²) < 4.78 is 2.04. The van der Waals surface area contributed by atoms with Gasteiger partial charge in [0, 0.05) is 25.9 Å². The van der Waals surface area contributed by atoms with E-state index < -0.39 is 0 Å². The highest BCUT2D eigenvalue weighted by Crippen LogP contribution is 2.33. The van der Waals surface area contributed by atoms with Gasteiger partial charge in [-0.25, -0.2) is 4.58 Å². The van der Waals surface area contributed by atoms with E-state index in [1.807, 2.05) is 37.7 Å². The van der Waals surface area contributed by atoms with Crippen molar-refractivity contribution in [3.8, 4) is 0 Å². The minimum absolute atomic E-state index is 0.924. The van der Waals surface area contributed by atoms with Gasteiger partial charge in [-0.1, -0.05) is 11.6 Å². The lowest BCUT2D eigenvalue weighted by Crippen LogP contribution is -2.02. The van der Waals surface area contributed by atoms with Crippen LogP contribution in [0.3, 0.4) is 0 Å². The summed E-state index contributed by atoms with van der Waals surface area (Å²) in [6.07, 6.45) is 6.30. The van der Waals surface area contributed by atoms with Gasteiger partial charge in [0.15, 0.2) is 6.21 Å². The van der Waals surface area contributed by atoms with Crippen molar-refractivity contribution in [2.24, 2.45) is 0 Å². The second kappa shape index (κ2) is 4.65. The topological polar surface area (TPSA) is 6.25 Å². The first-order chi connectivity index (χ1) is 6.50.